The molecule has 1 aromatic carbocycles. The zero-order chi connectivity index (χ0) is 15.6. The Kier molecular flexibility index (Phi) is 2.61. The molecule has 0 spiro atoms. The van der Waals surface area contributed by atoms with Crippen LogP contribution in [0.25, 0.3) is 11.3 Å². The summed E-state index contributed by atoms with van der Waals surface area (Å²) < 4.78 is 3.85. The molecule has 0 N–H and O–H groups in total. The van der Waals surface area contributed by atoms with Gasteiger partial charge in [0.25, 0.3) is 0 Å². The number of fused-ring (bicyclic) bond motifs is 5. The molecule has 6 heteroatoms. The van der Waals surface area contributed by atoms with Crippen LogP contribution in [0, 0.1) is 23.7 Å². The van der Waals surface area contributed by atoms with E-state index in [4.69, 9.17) is 0 Å². The second kappa shape index (κ2) is 4.58. The number of hydrogen-bond acceptors (Lipinski definition) is 5. The molecule has 1 aromatic heterocycles. The van der Waals surface area contributed by atoms with Crippen LogP contribution in [-0.2, 0) is 9.59 Å². The van der Waals surface area contributed by atoms with Crippen molar-refractivity contribution in [2.75, 3.05) is 4.90 Å². The number of imide groups is 1. The summed E-state index contributed by atoms with van der Waals surface area (Å²) in [6.45, 7) is 0. The van der Waals surface area contributed by atoms with Gasteiger partial charge < -0.3 is 0 Å². The van der Waals surface area contributed by atoms with E-state index >= 15 is 0 Å². The third-order valence-corrected chi connectivity index (χ3v) is 5.76. The molecule has 2 aromatic rings. The summed E-state index contributed by atoms with van der Waals surface area (Å²) in [7, 11) is 0. The summed E-state index contributed by atoms with van der Waals surface area (Å²) in [5, 5.41) is 5.90. The van der Waals surface area contributed by atoms with Gasteiger partial charge in [-0.3, -0.25) is 14.5 Å². The Hall–Kier alpha value is -2.34. The van der Waals surface area contributed by atoms with Crippen LogP contribution in [0.15, 0.2) is 41.8 Å². The predicted octanol–water partition coefficient (Wildman–Crippen LogP) is 2.52. The molecule has 5 nitrogen and oxygen atoms in total. The van der Waals surface area contributed by atoms with Crippen molar-refractivity contribution in [1.82, 2.24) is 9.59 Å². The monoisotopic (exact) mass is 323 g/mol. The number of rotatable bonds is 2. The lowest BCUT2D eigenvalue weighted by Gasteiger charge is -2.17. The third-order valence-electron chi connectivity index (χ3n) is 5.25. The van der Waals surface area contributed by atoms with Gasteiger partial charge in [-0.25, -0.2) is 0 Å². The molecule has 1 aliphatic heterocycles. The Morgan fingerprint density at radius 1 is 1.00 bits per heavy atom. The minimum absolute atomic E-state index is 0.0417. The van der Waals surface area contributed by atoms with Crippen molar-refractivity contribution in [2.24, 2.45) is 23.7 Å². The van der Waals surface area contributed by atoms with Crippen molar-refractivity contribution < 1.29 is 9.59 Å². The summed E-state index contributed by atoms with van der Waals surface area (Å²) >= 11 is 1.30. The number of benzene rings is 1. The maximum Gasteiger partial charge on any atom is 0.238 e. The van der Waals surface area contributed by atoms with Crippen molar-refractivity contribution in [3.8, 4) is 11.3 Å². The summed E-state index contributed by atoms with van der Waals surface area (Å²) in [5.74, 6) is 0.0956. The van der Waals surface area contributed by atoms with Crippen molar-refractivity contribution in [2.45, 2.75) is 6.42 Å². The molecule has 3 aliphatic rings. The average molecular weight is 323 g/mol. The molecule has 2 fully saturated rings. The number of carbonyl (C=O) groups is 2. The van der Waals surface area contributed by atoms with Crippen LogP contribution in [0.3, 0.4) is 0 Å². The minimum Gasteiger partial charge on any atom is -0.274 e. The maximum absolute atomic E-state index is 12.8. The minimum atomic E-state index is -0.153. The molecule has 4 atom stereocenters. The van der Waals surface area contributed by atoms with Gasteiger partial charge >= 0.3 is 0 Å². The van der Waals surface area contributed by atoms with E-state index in [0.717, 1.165) is 17.7 Å². The van der Waals surface area contributed by atoms with E-state index < -0.39 is 0 Å². The van der Waals surface area contributed by atoms with E-state index in [-0.39, 0.29) is 35.5 Å². The highest BCUT2D eigenvalue weighted by Crippen LogP contribution is 2.53. The molecule has 0 unspecified atom stereocenters. The van der Waals surface area contributed by atoms with E-state index in [1.807, 2.05) is 29.6 Å². The fourth-order valence-corrected chi connectivity index (χ4v) is 4.69. The lowest BCUT2D eigenvalue weighted by molar-refractivity contribution is -0.123. The largest absolute Gasteiger partial charge is 0.274 e. The van der Waals surface area contributed by atoms with Crippen molar-refractivity contribution in [1.29, 1.82) is 0 Å². The fraction of sp³-hybridized carbons (Fsp3) is 0.294. The van der Waals surface area contributed by atoms with Gasteiger partial charge in [-0.1, -0.05) is 28.8 Å². The van der Waals surface area contributed by atoms with E-state index in [1.165, 1.54) is 16.4 Å². The summed E-state index contributed by atoms with van der Waals surface area (Å²) in [6.07, 6.45) is 5.17. The molecule has 2 heterocycles. The van der Waals surface area contributed by atoms with Gasteiger partial charge in [-0.2, -0.15) is 0 Å². The smallest absolute Gasteiger partial charge is 0.238 e. The third kappa shape index (κ3) is 1.72. The van der Waals surface area contributed by atoms with E-state index in [9.17, 15) is 9.59 Å². The Bertz CT molecular complexity index is 798. The molecule has 2 amide bonds. The van der Waals surface area contributed by atoms with E-state index in [2.05, 4.69) is 21.7 Å². The van der Waals surface area contributed by atoms with Crippen molar-refractivity contribution in [3.63, 3.8) is 0 Å². The lowest BCUT2D eigenvalue weighted by atomic mass is 9.85. The highest BCUT2D eigenvalue weighted by molar-refractivity contribution is 7.03. The summed E-state index contributed by atoms with van der Waals surface area (Å²) in [5.41, 5.74) is 2.39. The van der Waals surface area contributed by atoms with Crippen LogP contribution >= 0.6 is 11.5 Å². The van der Waals surface area contributed by atoms with Crippen LogP contribution in [-0.4, -0.2) is 21.4 Å². The number of allylic oxidation sites excluding steroid dienone is 2. The zero-order valence-electron chi connectivity index (χ0n) is 12.1. The zero-order valence-corrected chi connectivity index (χ0v) is 12.9. The molecule has 2 bridgehead atoms. The number of hydrogen-bond donors (Lipinski definition) is 0. The molecule has 5 rings (SSSR count). The van der Waals surface area contributed by atoms with Crippen LogP contribution in [0.5, 0.6) is 0 Å². The van der Waals surface area contributed by atoms with Gasteiger partial charge in [0, 0.05) is 10.9 Å². The maximum atomic E-state index is 12.8. The normalized spacial score (nSPS) is 31.2. The average Bonchev–Trinajstić information content (AvgIpc) is 3.33. The quantitative estimate of drug-likeness (QED) is 0.629. The molecule has 1 saturated heterocycles. The number of anilines is 1. The van der Waals surface area contributed by atoms with Crippen LogP contribution in [0.1, 0.15) is 6.42 Å². The molecular weight excluding hydrogens is 310 g/mol. The first-order valence-corrected chi connectivity index (χ1v) is 8.51. The van der Waals surface area contributed by atoms with E-state index in [1.54, 1.807) is 0 Å². The highest BCUT2D eigenvalue weighted by Gasteiger charge is 2.59. The molecule has 1 saturated carbocycles. The van der Waals surface area contributed by atoms with Crippen LogP contribution in [0.2, 0.25) is 0 Å². The standard InChI is InChI=1S/C17H13N3O2S/c21-16-14-10-1-2-11(7-10)15(14)17(22)20(16)12-5-3-9(4-6-12)13-8-23-19-18-13/h1-6,8,10-11,14-15H,7H2/t10-,11-,14-,15+/m1/s1. The molecular formula is C17H13N3O2S. The van der Waals surface area contributed by atoms with E-state index in [0.29, 0.717) is 5.69 Å². The van der Waals surface area contributed by atoms with Crippen LogP contribution in [0.4, 0.5) is 5.69 Å². The van der Waals surface area contributed by atoms with Crippen molar-refractivity contribution >= 4 is 29.0 Å². The van der Waals surface area contributed by atoms with Gasteiger partial charge in [-0.15, -0.1) is 5.10 Å². The van der Waals surface area contributed by atoms with Crippen LogP contribution < -0.4 is 4.90 Å². The number of nitrogens with zero attached hydrogens (tertiary/aromatic N) is 3. The Morgan fingerprint density at radius 3 is 2.22 bits per heavy atom. The SMILES string of the molecule is O=C1[C@@H]2[C@H](C(=O)N1c1ccc(-c3csnn3)cc1)[C@@H]1C=C[C@@H]2C1. The van der Waals surface area contributed by atoms with Gasteiger partial charge in [0.15, 0.2) is 0 Å². The lowest BCUT2D eigenvalue weighted by Crippen LogP contribution is -2.32. The Balaban J connectivity index is 1.49. The van der Waals surface area contributed by atoms with Crippen molar-refractivity contribution in [3.05, 3.63) is 41.8 Å². The molecule has 0 radical (unpaired) electrons. The molecule has 23 heavy (non-hydrogen) atoms. The molecule has 2 aliphatic carbocycles. The number of amides is 2. The van der Waals surface area contributed by atoms with Gasteiger partial charge in [0.05, 0.1) is 17.5 Å². The second-order valence-corrected chi connectivity index (χ2v) is 6.96. The predicted molar refractivity (Wildman–Crippen MR) is 85.6 cm³/mol. The number of carbonyl (C=O) groups excluding carboxylic acids is 2. The first-order valence-electron chi connectivity index (χ1n) is 7.67. The summed E-state index contributed by atoms with van der Waals surface area (Å²) in [6, 6.07) is 7.41. The second-order valence-electron chi connectivity index (χ2n) is 6.35. The summed E-state index contributed by atoms with van der Waals surface area (Å²) in [4.78, 5) is 26.9. The fourth-order valence-electron chi connectivity index (χ4n) is 4.23. The first kappa shape index (κ1) is 13.1. The molecule has 114 valence electrons. The Labute approximate surface area is 136 Å². The highest BCUT2D eigenvalue weighted by atomic mass is 32.1. The Morgan fingerprint density at radius 2 is 1.65 bits per heavy atom. The van der Waals surface area contributed by atoms with Gasteiger partial charge in [0.2, 0.25) is 11.8 Å². The number of aromatic nitrogens is 2. The van der Waals surface area contributed by atoms with Gasteiger partial charge in [-0.05, 0) is 41.9 Å². The topological polar surface area (TPSA) is 63.2 Å². The van der Waals surface area contributed by atoms with Gasteiger partial charge in [0.1, 0.15) is 5.69 Å². The first-order chi connectivity index (χ1) is 11.2.